The molecule has 2 amide bonds. The van der Waals surface area contributed by atoms with Crippen molar-refractivity contribution < 1.29 is 9.59 Å². The molecule has 30 heavy (non-hydrogen) atoms. The van der Waals surface area contributed by atoms with Crippen LogP contribution in [0.15, 0.2) is 33.9 Å². The molecule has 10 heteroatoms. The van der Waals surface area contributed by atoms with Crippen LogP contribution in [0, 0.1) is 0 Å². The van der Waals surface area contributed by atoms with Crippen LogP contribution in [0.25, 0.3) is 10.9 Å². The largest absolute Gasteiger partial charge is 0.341 e. The number of nitrogens with zero attached hydrogens (tertiary/aromatic N) is 3. The SMILES string of the molecule is Cl.O=C(CCn1c(=O)[nH]c(=O)c2ccccc21)N1CCCC(N2CCNCC2=O)C1. The van der Waals surface area contributed by atoms with E-state index in [0.29, 0.717) is 37.1 Å². The quantitative estimate of drug-likeness (QED) is 0.698. The van der Waals surface area contributed by atoms with E-state index < -0.39 is 11.2 Å². The van der Waals surface area contributed by atoms with Gasteiger partial charge in [0.25, 0.3) is 5.56 Å². The lowest BCUT2D eigenvalue weighted by Gasteiger charge is -2.41. The fourth-order valence-electron chi connectivity index (χ4n) is 4.27. The molecule has 1 aromatic heterocycles. The van der Waals surface area contributed by atoms with E-state index in [4.69, 9.17) is 0 Å². The van der Waals surface area contributed by atoms with Crippen molar-refractivity contribution in [2.45, 2.75) is 31.8 Å². The van der Waals surface area contributed by atoms with Gasteiger partial charge in [0.15, 0.2) is 0 Å². The number of para-hydroxylation sites is 1. The molecule has 3 heterocycles. The van der Waals surface area contributed by atoms with Gasteiger partial charge in [-0.05, 0) is 25.0 Å². The first-order valence-electron chi connectivity index (χ1n) is 10.0. The lowest BCUT2D eigenvalue weighted by molar-refractivity contribution is -0.140. The summed E-state index contributed by atoms with van der Waals surface area (Å²) in [7, 11) is 0. The van der Waals surface area contributed by atoms with Gasteiger partial charge in [-0.3, -0.25) is 23.9 Å². The zero-order chi connectivity index (χ0) is 20.4. The molecule has 0 bridgehead atoms. The minimum Gasteiger partial charge on any atom is -0.341 e. The first-order valence-corrected chi connectivity index (χ1v) is 10.0. The zero-order valence-corrected chi connectivity index (χ0v) is 17.5. The lowest BCUT2D eigenvalue weighted by atomic mass is 10.0. The van der Waals surface area contributed by atoms with Gasteiger partial charge in [0, 0.05) is 45.2 Å². The first kappa shape index (κ1) is 22.0. The zero-order valence-electron chi connectivity index (χ0n) is 16.6. The Balaban J connectivity index is 0.00000256. The number of likely N-dealkylation sites (tertiary alicyclic amines) is 1. The molecule has 2 aromatic rings. The van der Waals surface area contributed by atoms with Gasteiger partial charge in [-0.2, -0.15) is 0 Å². The van der Waals surface area contributed by atoms with Crippen molar-refractivity contribution in [3.8, 4) is 0 Å². The van der Waals surface area contributed by atoms with Crippen molar-refractivity contribution in [3.05, 3.63) is 45.1 Å². The number of halogens is 1. The summed E-state index contributed by atoms with van der Waals surface area (Å²) >= 11 is 0. The average Bonchev–Trinajstić information content (AvgIpc) is 2.74. The number of piperazine rings is 1. The van der Waals surface area contributed by atoms with Gasteiger partial charge in [0.1, 0.15) is 0 Å². The molecule has 0 radical (unpaired) electrons. The molecule has 4 rings (SSSR count). The summed E-state index contributed by atoms with van der Waals surface area (Å²) in [5.41, 5.74) is -0.408. The van der Waals surface area contributed by atoms with Gasteiger partial charge in [0.05, 0.1) is 17.4 Å². The second kappa shape index (κ2) is 9.44. The molecule has 2 fully saturated rings. The van der Waals surface area contributed by atoms with E-state index in [9.17, 15) is 19.2 Å². The number of aryl methyl sites for hydroxylation is 1. The van der Waals surface area contributed by atoms with E-state index in [1.54, 1.807) is 29.2 Å². The monoisotopic (exact) mass is 435 g/mol. The van der Waals surface area contributed by atoms with Crippen LogP contribution in [-0.4, -0.2) is 69.9 Å². The minimum atomic E-state index is -0.510. The van der Waals surface area contributed by atoms with E-state index >= 15 is 0 Å². The predicted molar refractivity (Wildman–Crippen MR) is 115 cm³/mol. The second-order valence-corrected chi connectivity index (χ2v) is 7.58. The van der Waals surface area contributed by atoms with Gasteiger partial charge < -0.3 is 15.1 Å². The Morgan fingerprint density at radius 2 is 1.93 bits per heavy atom. The van der Waals surface area contributed by atoms with Crippen molar-refractivity contribution in [2.24, 2.45) is 0 Å². The van der Waals surface area contributed by atoms with Gasteiger partial charge in [-0.1, -0.05) is 12.1 Å². The highest BCUT2D eigenvalue weighted by Crippen LogP contribution is 2.18. The Morgan fingerprint density at radius 3 is 2.73 bits per heavy atom. The number of H-pyrrole nitrogens is 1. The Kier molecular flexibility index (Phi) is 6.94. The summed E-state index contributed by atoms with van der Waals surface area (Å²) in [6.45, 7) is 3.20. The highest BCUT2D eigenvalue weighted by Gasteiger charge is 2.31. The van der Waals surface area contributed by atoms with E-state index in [-0.39, 0.29) is 43.2 Å². The number of carbonyl (C=O) groups is 2. The Hall–Kier alpha value is -2.65. The molecule has 2 saturated heterocycles. The summed E-state index contributed by atoms with van der Waals surface area (Å²) in [6.07, 6.45) is 1.92. The third kappa shape index (κ3) is 4.41. The summed E-state index contributed by atoms with van der Waals surface area (Å²) in [5.74, 6) is 0.0428. The molecule has 0 spiro atoms. The number of fused-ring (bicyclic) bond motifs is 1. The molecular formula is C20H26ClN5O4. The maximum Gasteiger partial charge on any atom is 0.328 e. The fraction of sp³-hybridized carbons (Fsp3) is 0.500. The Labute approximate surface area is 179 Å². The van der Waals surface area contributed by atoms with Gasteiger partial charge in [-0.15, -0.1) is 12.4 Å². The fourth-order valence-corrected chi connectivity index (χ4v) is 4.27. The van der Waals surface area contributed by atoms with Crippen molar-refractivity contribution >= 4 is 35.1 Å². The number of aromatic nitrogens is 2. The molecule has 0 aliphatic carbocycles. The number of nitrogens with one attached hydrogen (secondary N) is 2. The number of benzene rings is 1. The van der Waals surface area contributed by atoms with Crippen LogP contribution in [0.5, 0.6) is 0 Å². The van der Waals surface area contributed by atoms with Gasteiger partial charge >= 0.3 is 5.69 Å². The second-order valence-electron chi connectivity index (χ2n) is 7.58. The summed E-state index contributed by atoms with van der Waals surface area (Å²) in [4.78, 5) is 55.2. The lowest BCUT2D eigenvalue weighted by Crippen LogP contribution is -2.57. The predicted octanol–water partition coefficient (Wildman–Crippen LogP) is -0.0755. The molecule has 2 aliphatic heterocycles. The number of carbonyl (C=O) groups excluding carboxylic acids is 2. The smallest absolute Gasteiger partial charge is 0.328 e. The maximum atomic E-state index is 12.8. The van der Waals surface area contributed by atoms with Crippen LogP contribution in [0.3, 0.4) is 0 Å². The summed E-state index contributed by atoms with van der Waals surface area (Å²) < 4.78 is 1.44. The Morgan fingerprint density at radius 1 is 1.13 bits per heavy atom. The van der Waals surface area contributed by atoms with Crippen molar-refractivity contribution in [1.82, 2.24) is 24.7 Å². The van der Waals surface area contributed by atoms with E-state index in [2.05, 4.69) is 10.3 Å². The molecule has 2 aliphatic rings. The van der Waals surface area contributed by atoms with Crippen LogP contribution in [0.2, 0.25) is 0 Å². The third-order valence-corrected chi connectivity index (χ3v) is 5.77. The number of aromatic amines is 1. The van der Waals surface area contributed by atoms with E-state index in [1.165, 1.54) is 4.57 Å². The number of hydrogen-bond acceptors (Lipinski definition) is 5. The molecule has 2 N–H and O–H groups in total. The molecular weight excluding hydrogens is 410 g/mol. The van der Waals surface area contributed by atoms with Crippen molar-refractivity contribution in [2.75, 3.05) is 32.7 Å². The molecule has 9 nitrogen and oxygen atoms in total. The van der Waals surface area contributed by atoms with E-state index in [1.807, 2.05) is 4.90 Å². The number of amides is 2. The standard InChI is InChI=1S/C20H25N5O4.ClH/c26-17(23-9-3-4-14(13-23)24-11-8-21-12-18(24)27)7-10-25-16-6-2-1-5-15(16)19(28)22-20(25)29;/h1-2,5-6,14,21H,3-4,7-13H2,(H,22,28,29);1H. The number of rotatable bonds is 4. The molecule has 1 unspecified atom stereocenters. The van der Waals surface area contributed by atoms with Crippen LogP contribution in [0.4, 0.5) is 0 Å². The summed E-state index contributed by atoms with van der Waals surface area (Å²) in [5, 5.41) is 3.50. The highest BCUT2D eigenvalue weighted by molar-refractivity contribution is 5.85. The Bertz CT molecular complexity index is 1050. The van der Waals surface area contributed by atoms with E-state index in [0.717, 1.165) is 19.4 Å². The molecule has 162 valence electrons. The normalized spacial score (nSPS) is 19.6. The van der Waals surface area contributed by atoms with Crippen LogP contribution in [0.1, 0.15) is 19.3 Å². The average molecular weight is 436 g/mol. The maximum absolute atomic E-state index is 12.8. The van der Waals surface area contributed by atoms with Crippen LogP contribution in [-0.2, 0) is 16.1 Å². The first-order chi connectivity index (χ1) is 14.0. The van der Waals surface area contributed by atoms with Gasteiger partial charge in [-0.25, -0.2) is 4.79 Å². The highest BCUT2D eigenvalue weighted by atomic mass is 35.5. The molecule has 1 aromatic carbocycles. The van der Waals surface area contributed by atoms with Crippen molar-refractivity contribution in [1.29, 1.82) is 0 Å². The number of piperidine rings is 1. The van der Waals surface area contributed by atoms with Crippen LogP contribution >= 0.6 is 12.4 Å². The third-order valence-electron chi connectivity index (χ3n) is 5.77. The molecule has 0 saturated carbocycles. The summed E-state index contributed by atoms with van der Waals surface area (Å²) in [6, 6.07) is 6.93. The molecule has 1 atom stereocenters. The topological polar surface area (TPSA) is 108 Å². The van der Waals surface area contributed by atoms with Gasteiger partial charge in [0.2, 0.25) is 11.8 Å². The van der Waals surface area contributed by atoms with Crippen LogP contribution < -0.4 is 16.6 Å². The number of hydrogen-bond donors (Lipinski definition) is 2. The minimum absolute atomic E-state index is 0. The van der Waals surface area contributed by atoms with Crippen molar-refractivity contribution in [3.63, 3.8) is 0 Å².